The van der Waals surface area contributed by atoms with E-state index in [9.17, 15) is 69.0 Å². The molecule has 0 spiro atoms. The summed E-state index contributed by atoms with van der Waals surface area (Å²) in [4.78, 5) is 29.4. The Morgan fingerprint density at radius 2 is 0.564 bits per heavy atom. The Morgan fingerprint density at radius 3 is 0.727 bits per heavy atom. The average Bonchev–Trinajstić information content (AvgIpc) is 3.08. The van der Waals surface area contributed by atoms with Crippen LogP contribution in [0.5, 0.6) is 17.2 Å². The third-order valence-electron chi connectivity index (χ3n) is 6.92. The Hall–Kier alpha value is -2.45. The number of hydrogen-bond donors (Lipinski definition) is 0. The van der Waals surface area contributed by atoms with Gasteiger partial charge in [0.15, 0.2) is 0 Å². The van der Waals surface area contributed by atoms with Gasteiger partial charge in [-0.25, -0.2) is 25.3 Å². The van der Waals surface area contributed by atoms with Crippen molar-refractivity contribution < 1.29 is 160 Å². The van der Waals surface area contributed by atoms with Crippen molar-refractivity contribution >= 4 is 79.7 Å². The largest absolute Gasteiger partial charge is 3.00 e. The van der Waals surface area contributed by atoms with Crippen LogP contribution in [0.15, 0.2) is 121 Å². The summed E-state index contributed by atoms with van der Waals surface area (Å²) in [6.45, 7) is 0. The standard InChI is InChI=1S/3C10H7NO5S.Fe.3Na/c3*12-10-7-4-2-1-3-6(7)9(17(14,15)16)5-8(10)11-13;;;;/h3*1-5,12H,(H,14,15,16);;;;/q;;;+3;3*+1/p-6. The molecule has 6 aromatic carbocycles. The molecule has 1 radical (unpaired) electrons. The Balaban J connectivity index is 0.000000767. The van der Waals surface area contributed by atoms with E-state index in [0.717, 1.165) is 0 Å². The number of nitrogens with zero attached hydrogens (tertiary/aromatic N) is 3. The van der Waals surface area contributed by atoms with Crippen molar-refractivity contribution in [3.05, 3.63) is 106 Å². The Kier molecular flexibility index (Phi) is 20.4. The topological polar surface area (TPSA) is 329 Å². The van der Waals surface area contributed by atoms with E-state index in [0.29, 0.717) is 18.2 Å². The van der Waals surface area contributed by atoms with Gasteiger partial charge in [-0.15, -0.1) is 14.7 Å². The van der Waals surface area contributed by atoms with Gasteiger partial charge in [-0.2, -0.15) is 0 Å². The van der Waals surface area contributed by atoms with Gasteiger partial charge in [0.1, 0.15) is 47.4 Å². The van der Waals surface area contributed by atoms with Crippen LogP contribution < -0.4 is 104 Å². The zero-order valence-corrected chi connectivity index (χ0v) is 37.8. The second kappa shape index (κ2) is 21.3. The quantitative estimate of drug-likeness (QED) is 0.0857. The number of rotatable bonds is 6. The molecular formula is C30H15FeN3Na3O15S3. The fourth-order valence-electron chi connectivity index (χ4n) is 4.73. The molecule has 269 valence electrons. The summed E-state index contributed by atoms with van der Waals surface area (Å²) in [6, 6.07) is 19.1. The van der Waals surface area contributed by atoms with Crippen molar-refractivity contribution in [1.29, 1.82) is 0 Å². The normalized spacial score (nSPS) is 10.7. The van der Waals surface area contributed by atoms with Gasteiger partial charge in [-0.1, -0.05) is 90.0 Å². The van der Waals surface area contributed by atoms with E-state index in [1.165, 1.54) is 72.8 Å². The summed E-state index contributed by atoms with van der Waals surface area (Å²) >= 11 is 0. The maximum Gasteiger partial charge on any atom is 3.00 e. The van der Waals surface area contributed by atoms with Crippen LogP contribution in [0.4, 0.5) is 17.1 Å². The van der Waals surface area contributed by atoms with Gasteiger partial charge in [-0.3, -0.25) is 0 Å². The first-order valence-electron chi connectivity index (χ1n) is 13.4. The van der Waals surface area contributed by atoms with Crippen molar-refractivity contribution in [3.8, 4) is 17.2 Å². The summed E-state index contributed by atoms with van der Waals surface area (Å²) in [6.07, 6.45) is 0. The van der Waals surface area contributed by atoms with Crippen LogP contribution in [0.3, 0.4) is 0 Å². The molecule has 0 fully saturated rings. The van der Waals surface area contributed by atoms with Gasteiger partial charge >= 0.3 is 106 Å². The fourth-order valence-corrected chi connectivity index (χ4v) is 6.84. The van der Waals surface area contributed by atoms with Gasteiger partial charge in [0.05, 0.1) is 14.7 Å². The van der Waals surface area contributed by atoms with Crippen LogP contribution in [0.25, 0.3) is 32.3 Å². The van der Waals surface area contributed by atoms with Crippen molar-refractivity contribution in [1.82, 2.24) is 0 Å². The third kappa shape index (κ3) is 12.0. The van der Waals surface area contributed by atoms with Crippen LogP contribution in [0.2, 0.25) is 0 Å². The summed E-state index contributed by atoms with van der Waals surface area (Å²) in [5.74, 6) is -2.08. The minimum absolute atomic E-state index is 0. The zero-order valence-electron chi connectivity index (χ0n) is 28.2. The molecule has 55 heavy (non-hydrogen) atoms. The SMILES string of the molecule is O=Nc1cc(S(=O)(=O)[O-])c2ccccc2c1[O-].O=Nc1cc(S(=O)(=O)[O-])c2ccccc2c1[O-].O=Nc1cc(S(=O)(=O)[O-])c2ccccc2c1[O-].[Fe+3].[Na+].[Na+].[Na+]. The first-order chi connectivity index (χ1) is 23.8. The number of fused-ring (bicyclic) bond motifs is 3. The van der Waals surface area contributed by atoms with E-state index in [-0.39, 0.29) is 138 Å². The maximum absolute atomic E-state index is 11.6. The molecule has 0 aromatic heterocycles. The summed E-state index contributed by atoms with van der Waals surface area (Å²) in [7, 11) is -14.3. The molecule has 0 heterocycles. The molecule has 6 aromatic rings. The van der Waals surface area contributed by atoms with Crippen LogP contribution in [-0.2, 0) is 47.4 Å². The molecule has 6 rings (SSSR count). The smallest absolute Gasteiger partial charge is 0.871 e. The average molecular weight is 878 g/mol. The van der Waals surface area contributed by atoms with Gasteiger partial charge in [0, 0.05) is 0 Å². The fraction of sp³-hybridized carbons (Fsp3) is 0. The van der Waals surface area contributed by atoms with Crippen molar-refractivity contribution in [2.45, 2.75) is 14.7 Å². The van der Waals surface area contributed by atoms with Crippen LogP contribution in [-0.4, -0.2) is 38.9 Å². The Morgan fingerprint density at radius 1 is 0.382 bits per heavy atom. The maximum atomic E-state index is 11.6. The van der Waals surface area contributed by atoms with Crippen molar-refractivity contribution in [3.63, 3.8) is 0 Å². The van der Waals surface area contributed by atoms with Gasteiger partial charge in [0.25, 0.3) is 0 Å². The third-order valence-corrected chi connectivity index (χ3v) is 9.55. The second-order valence-electron chi connectivity index (χ2n) is 9.94. The second-order valence-corrected chi connectivity index (χ2v) is 14.0. The zero-order chi connectivity index (χ0) is 37.9. The van der Waals surface area contributed by atoms with E-state index in [4.69, 9.17) is 0 Å². The predicted molar refractivity (Wildman–Crippen MR) is 170 cm³/mol. The van der Waals surface area contributed by atoms with Crippen molar-refractivity contribution in [2.24, 2.45) is 15.5 Å². The minimum atomic E-state index is -4.77. The molecule has 0 aliphatic carbocycles. The van der Waals surface area contributed by atoms with E-state index in [2.05, 4.69) is 15.5 Å². The Bertz CT molecular complexity index is 2450. The minimum Gasteiger partial charge on any atom is -0.871 e. The molecule has 0 amide bonds. The molecule has 25 heteroatoms. The van der Waals surface area contributed by atoms with Gasteiger partial charge in [-0.05, 0) is 66.0 Å². The molecule has 18 nitrogen and oxygen atoms in total. The van der Waals surface area contributed by atoms with E-state index >= 15 is 0 Å². The summed E-state index contributed by atoms with van der Waals surface area (Å²) in [5, 5.41) is 42.2. The molecule has 0 bridgehead atoms. The molecule has 0 saturated carbocycles. The molecular weight excluding hydrogens is 863 g/mol. The molecule has 0 aliphatic heterocycles. The Labute approximate surface area is 388 Å². The van der Waals surface area contributed by atoms with Gasteiger partial charge < -0.3 is 29.0 Å². The first kappa shape index (κ1) is 52.5. The monoisotopic (exact) mass is 878 g/mol. The van der Waals surface area contributed by atoms with E-state index < -0.39 is 79.4 Å². The van der Waals surface area contributed by atoms with E-state index in [1.807, 2.05) is 0 Å². The predicted octanol–water partition coefficient (Wildman–Crippen LogP) is -5.34. The van der Waals surface area contributed by atoms with E-state index in [1.54, 1.807) is 0 Å². The number of hydrogen-bond acceptors (Lipinski definition) is 18. The summed E-state index contributed by atoms with van der Waals surface area (Å²) in [5.41, 5.74) is -1.76. The molecule has 0 aliphatic rings. The summed E-state index contributed by atoms with van der Waals surface area (Å²) < 4.78 is 99.2. The van der Waals surface area contributed by atoms with Crippen LogP contribution in [0, 0.1) is 14.7 Å². The number of nitroso groups, excluding NO2 is 3. The van der Waals surface area contributed by atoms with Crippen LogP contribution in [0.1, 0.15) is 0 Å². The number of benzene rings is 6. The molecule has 0 unspecified atom stereocenters. The molecule has 0 N–H and O–H groups in total. The first-order valence-corrected chi connectivity index (χ1v) is 17.6. The molecule has 0 atom stereocenters. The van der Waals surface area contributed by atoms with Crippen LogP contribution >= 0.6 is 0 Å². The molecule has 0 saturated heterocycles. The van der Waals surface area contributed by atoms with Gasteiger partial charge in [0.2, 0.25) is 0 Å². The van der Waals surface area contributed by atoms with Crippen molar-refractivity contribution in [2.75, 3.05) is 0 Å².